The molecule has 1 aromatic carbocycles. The van der Waals surface area contributed by atoms with Gasteiger partial charge in [-0.2, -0.15) is 0 Å². The van der Waals surface area contributed by atoms with Crippen LogP contribution in [0.15, 0.2) is 18.2 Å². The normalized spacial score (nSPS) is 21.8. The first-order valence-electron chi connectivity index (χ1n) is 7.12. The Morgan fingerprint density at radius 1 is 1.17 bits per heavy atom. The second-order valence-corrected chi connectivity index (χ2v) is 5.53. The zero-order chi connectivity index (χ0) is 13.0. The lowest BCUT2D eigenvalue weighted by atomic mass is 10.0. The highest BCUT2D eigenvalue weighted by Crippen LogP contribution is 2.22. The van der Waals surface area contributed by atoms with E-state index in [2.05, 4.69) is 36.9 Å². The average molecular weight is 247 g/mol. The molecule has 0 radical (unpaired) electrons. The summed E-state index contributed by atoms with van der Waals surface area (Å²) in [5.74, 6) is 0. The van der Waals surface area contributed by atoms with Crippen LogP contribution < -0.4 is 0 Å². The van der Waals surface area contributed by atoms with Crippen LogP contribution in [-0.2, 0) is 6.54 Å². The molecule has 1 aliphatic heterocycles. The third-order valence-electron chi connectivity index (χ3n) is 4.22. The van der Waals surface area contributed by atoms with Gasteiger partial charge in [-0.05, 0) is 49.9 Å². The molecular weight excluding hydrogens is 222 g/mol. The van der Waals surface area contributed by atoms with Crippen LogP contribution in [0.25, 0.3) is 0 Å². The van der Waals surface area contributed by atoms with Gasteiger partial charge in [0.25, 0.3) is 0 Å². The molecule has 1 fully saturated rings. The maximum atomic E-state index is 9.56. The van der Waals surface area contributed by atoms with Gasteiger partial charge in [0.15, 0.2) is 0 Å². The van der Waals surface area contributed by atoms with Gasteiger partial charge in [0.05, 0.1) is 6.61 Å². The predicted octanol–water partition coefficient (Wildman–Crippen LogP) is 3.04. The number of aliphatic hydroxyl groups excluding tert-OH is 1. The molecule has 1 N–H and O–H groups in total. The Labute approximate surface area is 111 Å². The van der Waals surface area contributed by atoms with E-state index in [0.29, 0.717) is 12.6 Å². The first kappa shape index (κ1) is 13.6. The summed E-state index contributed by atoms with van der Waals surface area (Å²) in [7, 11) is 0. The van der Waals surface area contributed by atoms with Crippen molar-refractivity contribution in [2.75, 3.05) is 13.2 Å². The standard InChI is InChI=1S/C16H25NO/c1-13-7-6-8-14(2)16(13)11-17-10-5-3-4-9-15(17)12-18/h6-8,15,18H,3-5,9-12H2,1-2H3. The fourth-order valence-electron chi connectivity index (χ4n) is 2.95. The molecule has 0 bridgehead atoms. The Morgan fingerprint density at radius 2 is 1.89 bits per heavy atom. The van der Waals surface area contributed by atoms with Gasteiger partial charge in [-0.15, -0.1) is 0 Å². The quantitative estimate of drug-likeness (QED) is 0.887. The van der Waals surface area contributed by atoms with Gasteiger partial charge in [0.1, 0.15) is 0 Å². The number of hydrogen-bond acceptors (Lipinski definition) is 2. The van der Waals surface area contributed by atoms with E-state index in [1.165, 1.54) is 36.0 Å². The zero-order valence-electron chi connectivity index (χ0n) is 11.7. The Morgan fingerprint density at radius 3 is 2.56 bits per heavy atom. The maximum Gasteiger partial charge on any atom is 0.0586 e. The van der Waals surface area contributed by atoms with Crippen molar-refractivity contribution in [3.8, 4) is 0 Å². The van der Waals surface area contributed by atoms with Crippen LogP contribution >= 0.6 is 0 Å². The second kappa shape index (κ2) is 6.35. The molecule has 2 heteroatoms. The molecule has 2 rings (SSSR count). The fraction of sp³-hybridized carbons (Fsp3) is 0.625. The van der Waals surface area contributed by atoms with Gasteiger partial charge in [-0.1, -0.05) is 31.0 Å². The molecule has 0 aliphatic carbocycles. The number of benzene rings is 1. The van der Waals surface area contributed by atoms with Gasteiger partial charge < -0.3 is 5.11 Å². The van der Waals surface area contributed by atoms with Crippen molar-refractivity contribution in [3.05, 3.63) is 34.9 Å². The van der Waals surface area contributed by atoms with E-state index in [0.717, 1.165) is 19.5 Å². The summed E-state index contributed by atoms with van der Waals surface area (Å²) < 4.78 is 0. The predicted molar refractivity (Wildman–Crippen MR) is 75.7 cm³/mol. The monoisotopic (exact) mass is 247 g/mol. The third kappa shape index (κ3) is 3.12. The Balaban J connectivity index is 2.15. The SMILES string of the molecule is Cc1cccc(C)c1CN1CCCCCC1CO. The molecule has 2 nitrogen and oxygen atoms in total. The number of hydrogen-bond donors (Lipinski definition) is 1. The molecule has 100 valence electrons. The van der Waals surface area contributed by atoms with E-state index in [4.69, 9.17) is 0 Å². The van der Waals surface area contributed by atoms with Crippen molar-refractivity contribution >= 4 is 0 Å². The maximum absolute atomic E-state index is 9.56. The van der Waals surface area contributed by atoms with E-state index in [1.54, 1.807) is 0 Å². The lowest BCUT2D eigenvalue weighted by Crippen LogP contribution is -2.37. The van der Waals surface area contributed by atoms with Gasteiger partial charge in [0, 0.05) is 12.6 Å². The lowest BCUT2D eigenvalue weighted by Gasteiger charge is -2.29. The van der Waals surface area contributed by atoms with E-state index >= 15 is 0 Å². The molecule has 1 aromatic rings. The van der Waals surface area contributed by atoms with E-state index < -0.39 is 0 Å². The van der Waals surface area contributed by atoms with Crippen molar-refractivity contribution < 1.29 is 5.11 Å². The molecule has 1 atom stereocenters. The number of aliphatic hydroxyl groups is 1. The van der Waals surface area contributed by atoms with Crippen LogP contribution in [0, 0.1) is 13.8 Å². The van der Waals surface area contributed by atoms with Gasteiger partial charge in [0.2, 0.25) is 0 Å². The first-order valence-corrected chi connectivity index (χ1v) is 7.12. The molecule has 0 amide bonds. The summed E-state index contributed by atoms with van der Waals surface area (Å²) in [5, 5.41) is 9.56. The third-order valence-corrected chi connectivity index (χ3v) is 4.22. The number of nitrogens with zero attached hydrogens (tertiary/aromatic N) is 1. The highest BCUT2D eigenvalue weighted by atomic mass is 16.3. The lowest BCUT2D eigenvalue weighted by molar-refractivity contribution is 0.118. The van der Waals surface area contributed by atoms with Crippen LogP contribution in [0.2, 0.25) is 0 Å². The van der Waals surface area contributed by atoms with Crippen molar-refractivity contribution in [2.24, 2.45) is 0 Å². The fourth-order valence-corrected chi connectivity index (χ4v) is 2.95. The van der Waals surface area contributed by atoms with Crippen molar-refractivity contribution in [1.29, 1.82) is 0 Å². The summed E-state index contributed by atoms with van der Waals surface area (Å²) in [6.45, 7) is 6.79. The molecule has 1 aliphatic rings. The number of aryl methyl sites for hydroxylation is 2. The molecule has 1 unspecified atom stereocenters. The largest absolute Gasteiger partial charge is 0.395 e. The smallest absolute Gasteiger partial charge is 0.0586 e. The zero-order valence-corrected chi connectivity index (χ0v) is 11.7. The highest BCUT2D eigenvalue weighted by molar-refractivity contribution is 5.33. The molecular formula is C16H25NO. The van der Waals surface area contributed by atoms with Crippen molar-refractivity contribution in [2.45, 2.75) is 52.1 Å². The Bertz CT molecular complexity index is 368. The van der Waals surface area contributed by atoms with Crippen molar-refractivity contribution in [1.82, 2.24) is 4.90 Å². The number of likely N-dealkylation sites (tertiary alicyclic amines) is 1. The van der Waals surface area contributed by atoms with E-state index in [1.807, 2.05) is 0 Å². The van der Waals surface area contributed by atoms with Crippen LogP contribution in [0.4, 0.5) is 0 Å². The Hall–Kier alpha value is -0.860. The highest BCUT2D eigenvalue weighted by Gasteiger charge is 2.21. The summed E-state index contributed by atoms with van der Waals surface area (Å²) in [6, 6.07) is 6.86. The van der Waals surface area contributed by atoms with Crippen molar-refractivity contribution in [3.63, 3.8) is 0 Å². The topological polar surface area (TPSA) is 23.5 Å². The van der Waals surface area contributed by atoms with Crippen LogP contribution in [0.5, 0.6) is 0 Å². The van der Waals surface area contributed by atoms with E-state index in [-0.39, 0.29) is 0 Å². The first-order chi connectivity index (χ1) is 8.72. The molecule has 0 saturated carbocycles. The van der Waals surface area contributed by atoms with Gasteiger partial charge >= 0.3 is 0 Å². The second-order valence-electron chi connectivity index (χ2n) is 5.53. The molecule has 0 aromatic heterocycles. The van der Waals surface area contributed by atoms with Crippen LogP contribution in [0.3, 0.4) is 0 Å². The minimum atomic E-state index is 0.297. The summed E-state index contributed by atoms with van der Waals surface area (Å²) in [6.07, 6.45) is 4.97. The van der Waals surface area contributed by atoms with Crippen LogP contribution in [-0.4, -0.2) is 29.2 Å². The van der Waals surface area contributed by atoms with E-state index in [9.17, 15) is 5.11 Å². The van der Waals surface area contributed by atoms with Gasteiger partial charge in [-0.3, -0.25) is 4.90 Å². The summed E-state index contributed by atoms with van der Waals surface area (Å²) >= 11 is 0. The molecule has 1 saturated heterocycles. The van der Waals surface area contributed by atoms with Crippen LogP contribution in [0.1, 0.15) is 42.4 Å². The average Bonchev–Trinajstić information content (AvgIpc) is 2.59. The number of rotatable bonds is 3. The molecule has 0 spiro atoms. The molecule has 1 heterocycles. The molecule has 18 heavy (non-hydrogen) atoms. The Kier molecular flexibility index (Phi) is 4.79. The van der Waals surface area contributed by atoms with Gasteiger partial charge in [-0.25, -0.2) is 0 Å². The summed E-state index contributed by atoms with van der Waals surface area (Å²) in [5.41, 5.74) is 4.18. The summed E-state index contributed by atoms with van der Waals surface area (Å²) in [4.78, 5) is 2.47. The minimum Gasteiger partial charge on any atom is -0.395 e. The minimum absolute atomic E-state index is 0.297.